The summed E-state index contributed by atoms with van der Waals surface area (Å²) in [7, 11) is 0. The van der Waals surface area contributed by atoms with Gasteiger partial charge in [-0.15, -0.1) is 0 Å². The highest BCUT2D eigenvalue weighted by Crippen LogP contribution is 2.30. The number of benzene rings is 3. The van der Waals surface area contributed by atoms with Gasteiger partial charge < -0.3 is 14.5 Å². The van der Waals surface area contributed by atoms with Crippen molar-refractivity contribution < 1.29 is 18.7 Å². The number of hydrogen-bond donors (Lipinski definition) is 1. The third kappa shape index (κ3) is 5.31. The minimum absolute atomic E-state index is 0.315. The van der Waals surface area contributed by atoms with Gasteiger partial charge in [0.2, 0.25) is 0 Å². The van der Waals surface area contributed by atoms with Gasteiger partial charge in [0.25, 0.3) is 5.91 Å². The molecule has 5 rings (SSSR count). The quantitative estimate of drug-likeness (QED) is 0.244. The van der Waals surface area contributed by atoms with Crippen molar-refractivity contribution in [1.29, 1.82) is 5.26 Å². The van der Waals surface area contributed by atoms with Crippen molar-refractivity contribution in [2.75, 3.05) is 11.9 Å². The van der Waals surface area contributed by atoms with E-state index in [1.807, 2.05) is 66.7 Å². The molecule has 0 saturated carbocycles. The first-order chi connectivity index (χ1) is 18.1. The third-order valence-electron chi connectivity index (χ3n) is 5.49. The van der Waals surface area contributed by atoms with Gasteiger partial charge in [-0.3, -0.25) is 4.79 Å². The van der Waals surface area contributed by atoms with E-state index >= 15 is 0 Å². The number of ether oxygens (including phenoxy) is 1. The summed E-state index contributed by atoms with van der Waals surface area (Å²) in [5.74, 6) is -0.699. The Morgan fingerprint density at radius 3 is 2.59 bits per heavy atom. The summed E-state index contributed by atoms with van der Waals surface area (Å²) in [5.41, 5.74) is 3.42. The summed E-state index contributed by atoms with van der Waals surface area (Å²) in [6.45, 7) is -0.497. The second-order valence-corrected chi connectivity index (χ2v) is 8.01. The van der Waals surface area contributed by atoms with Crippen molar-refractivity contribution in [3.05, 3.63) is 108 Å². The SMILES string of the molecule is N#Cc1ccccc1NC(=O)COC(=O)/C=C/c1cn(-c2ccccc2)nc1-c1cc2ccccc2o1. The van der Waals surface area contributed by atoms with E-state index in [0.717, 1.165) is 16.7 Å². The maximum Gasteiger partial charge on any atom is 0.331 e. The van der Waals surface area contributed by atoms with Crippen molar-refractivity contribution in [3.8, 4) is 23.2 Å². The molecule has 0 unspecified atom stereocenters. The van der Waals surface area contributed by atoms with Crippen LogP contribution >= 0.6 is 0 Å². The van der Waals surface area contributed by atoms with Gasteiger partial charge in [0.1, 0.15) is 17.3 Å². The van der Waals surface area contributed by atoms with Gasteiger partial charge in [0.15, 0.2) is 12.4 Å². The zero-order valence-corrected chi connectivity index (χ0v) is 19.5. The zero-order chi connectivity index (χ0) is 25.6. The van der Waals surface area contributed by atoms with Gasteiger partial charge in [0, 0.05) is 23.2 Å². The number of fused-ring (bicyclic) bond motifs is 1. The molecule has 0 bridgehead atoms. The highest BCUT2D eigenvalue weighted by Gasteiger charge is 2.16. The Bertz CT molecular complexity index is 1630. The van der Waals surface area contributed by atoms with Crippen molar-refractivity contribution >= 4 is 34.6 Å². The van der Waals surface area contributed by atoms with Crippen LogP contribution < -0.4 is 5.32 Å². The van der Waals surface area contributed by atoms with Crippen LogP contribution in [0.4, 0.5) is 5.69 Å². The third-order valence-corrected chi connectivity index (χ3v) is 5.49. The van der Waals surface area contributed by atoms with Gasteiger partial charge in [-0.25, -0.2) is 9.48 Å². The summed E-state index contributed by atoms with van der Waals surface area (Å²) in [6, 6.07) is 27.7. The second-order valence-electron chi connectivity index (χ2n) is 8.01. The fourth-order valence-corrected chi connectivity index (χ4v) is 3.73. The van der Waals surface area contributed by atoms with Crippen LogP contribution in [0, 0.1) is 11.3 Å². The van der Waals surface area contributed by atoms with E-state index in [-0.39, 0.29) is 0 Å². The minimum atomic E-state index is -0.702. The second kappa shape index (κ2) is 10.5. The van der Waals surface area contributed by atoms with Crippen LogP contribution in [0.3, 0.4) is 0 Å². The highest BCUT2D eigenvalue weighted by molar-refractivity contribution is 5.96. The Hall–Kier alpha value is -5.42. The monoisotopic (exact) mass is 488 g/mol. The van der Waals surface area contributed by atoms with Crippen LogP contribution in [-0.4, -0.2) is 28.3 Å². The molecule has 0 spiro atoms. The fourth-order valence-electron chi connectivity index (χ4n) is 3.73. The zero-order valence-electron chi connectivity index (χ0n) is 19.5. The number of hydrogen-bond acceptors (Lipinski definition) is 6. The normalized spacial score (nSPS) is 10.9. The summed E-state index contributed by atoms with van der Waals surface area (Å²) in [4.78, 5) is 24.6. The van der Waals surface area contributed by atoms with Crippen molar-refractivity contribution in [2.24, 2.45) is 0 Å². The molecule has 37 heavy (non-hydrogen) atoms. The molecule has 0 aliphatic rings. The van der Waals surface area contributed by atoms with Crippen LogP contribution in [-0.2, 0) is 14.3 Å². The maximum atomic E-state index is 12.4. The predicted molar refractivity (Wildman–Crippen MR) is 139 cm³/mol. The first-order valence-corrected chi connectivity index (χ1v) is 11.4. The minimum Gasteiger partial charge on any atom is -0.454 e. The first kappa shape index (κ1) is 23.3. The molecular weight excluding hydrogens is 468 g/mol. The van der Waals surface area contributed by atoms with Crippen LogP contribution in [0.15, 0.2) is 102 Å². The molecule has 0 aliphatic carbocycles. The topological polar surface area (TPSA) is 110 Å². The molecule has 0 atom stereocenters. The predicted octanol–water partition coefficient (Wildman–Crippen LogP) is 5.35. The first-order valence-electron chi connectivity index (χ1n) is 11.4. The molecule has 1 N–H and O–H groups in total. The molecule has 180 valence electrons. The molecule has 0 fully saturated rings. The lowest BCUT2D eigenvalue weighted by Crippen LogP contribution is -2.20. The van der Waals surface area contributed by atoms with Crippen LogP contribution in [0.2, 0.25) is 0 Å². The molecular formula is C29H20N4O4. The Morgan fingerprint density at radius 2 is 1.78 bits per heavy atom. The maximum absolute atomic E-state index is 12.4. The standard InChI is InChI=1S/C29H20N4O4/c30-17-21-9-4-6-12-24(21)31-27(34)19-36-28(35)15-14-22-18-33(23-10-2-1-3-11-23)32-29(22)26-16-20-8-5-7-13-25(20)37-26/h1-16,18H,19H2,(H,31,34)/b15-14+. The van der Waals surface area contributed by atoms with Crippen molar-refractivity contribution in [2.45, 2.75) is 0 Å². The van der Waals surface area contributed by atoms with Crippen molar-refractivity contribution in [3.63, 3.8) is 0 Å². The lowest BCUT2D eigenvalue weighted by Gasteiger charge is -2.06. The van der Waals surface area contributed by atoms with Gasteiger partial charge >= 0.3 is 5.97 Å². The number of nitriles is 1. The number of para-hydroxylation sites is 3. The smallest absolute Gasteiger partial charge is 0.331 e. The van der Waals surface area contributed by atoms with Gasteiger partial charge in [-0.1, -0.05) is 48.5 Å². The van der Waals surface area contributed by atoms with E-state index in [1.54, 1.807) is 41.2 Å². The highest BCUT2D eigenvalue weighted by atomic mass is 16.5. The molecule has 0 radical (unpaired) electrons. The van der Waals surface area contributed by atoms with E-state index in [2.05, 4.69) is 5.32 Å². The van der Waals surface area contributed by atoms with Crippen LogP contribution in [0.25, 0.3) is 34.2 Å². The lowest BCUT2D eigenvalue weighted by atomic mass is 10.2. The number of amides is 1. The number of aromatic nitrogens is 2. The Balaban J connectivity index is 1.34. The van der Waals surface area contributed by atoms with Gasteiger partial charge in [-0.05, 0) is 42.5 Å². The molecule has 5 aromatic rings. The van der Waals surface area contributed by atoms with E-state index in [0.29, 0.717) is 28.3 Å². The molecule has 8 nitrogen and oxygen atoms in total. The summed E-state index contributed by atoms with van der Waals surface area (Å²) >= 11 is 0. The molecule has 2 heterocycles. The molecule has 0 saturated heterocycles. The van der Waals surface area contributed by atoms with E-state index in [9.17, 15) is 9.59 Å². The number of furan rings is 1. The molecule has 2 aromatic heterocycles. The largest absolute Gasteiger partial charge is 0.454 e. The van der Waals surface area contributed by atoms with Crippen LogP contribution in [0.1, 0.15) is 11.1 Å². The number of carbonyl (C=O) groups is 2. The summed E-state index contributed by atoms with van der Waals surface area (Å²) < 4.78 is 12.8. The van der Waals surface area contributed by atoms with Gasteiger partial charge in [-0.2, -0.15) is 10.4 Å². The molecule has 8 heteroatoms. The van der Waals surface area contributed by atoms with Gasteiger partial charge in [0.05, 0.1) is 16.9 Å². The molecule has 1 amide bonds. The van der Waals surface area contributed by atoms with Crippen molar-refractivity contribution in [1.82, 2.24) is 9.78 Å². The molecule has 3 aromatic carbocycles. The Kier molecular flexibility index (Phi) is 6.59. The fraction of sp³-hybridized carbons (Fsp3) is 0.0345. The average Bonchev–Trinajstić information content (AvgIpc) is 3.56. The Labute approximate surface area is 212 Å². The number of anilines is 1. The number of rotatable bonds is 7. The molecule has 0 aliphatic heterocycles. The number of carbonyl (C=O) groups excluding carboxylic acids is 2. The number of nitrogens with one attached hydrogen (secondary N) is 1. The average molecular weight is 489 g/mol. The van der Waals surface area contributed by atoms with Crippen LogP contribution in [0.5, 0.6) is 0 Å². The number of nitrogens with zero attached hydrogens (tertiary/aromatic N) is 3. The lowest BCUT2D eigenvalue weighted by molar-refractivity contribution is -0.142. The summed E-state index contributed by atoms with van der Waals surface area (Å²) in [5, 5.41) is 17.3. The van der Waals surface area contributed by atoms with E-state index in [1.165, 1.54) is 6.08 Å². The Morgan fingerprint density at radius 1 is 1.03 bits per heavy atom. The number of esters is 1. The van der Waals surface area contributed by atoms with E-state index in [4.69, 9.17) is 19.5 Å². The van der Waals surface area contributed by atoms with E-state index < -0.39 is 18.5 Å². The summed E-state index contributed by atoms with van der Waals surface area (Å²) in [6.07, 6.45) is 4.59.